The van der Waals surface area contributed by atoms with Crippen molar-refractivity contribution in [2.75, 3.05) is 43.4 Å². The van der Waals surface area contributed by atoms with E-state index in [9.17, 15) is 4.79 Å². The zero-order chi connectivity index (χ0) is 25.4. The van der Waals surface area contributed by atoms with Crippen LogP contribution in [0.3, 0.4) is 0 Å². The van der Waals surface area contributed by atoms with Gasteiger partial charge < -0.3 is 20.1 Å². The predicted molar refractivity (Wildman–Crippen MR) is 148 cm³/mol. The predicted octanol–water partition coefficient (Wildman–Crippen LogP) is 4.66. The summed E-state index contributed by atoms with van der Waals surface area (Å²) >= 11 is 0. The van der Waals surface area contributed by atoms with Crippen LogP contribution in [0.4, 0.5) is 11.4 Å². The Bertz CT molecular complexity index is 1580. The van der Waals surface area contributed by atoms with Gasteiger partial charge in [0.25, 0.3) is 0 Å². The second-order valence-electron chi connectivity index (χ2n) is 9.66. The number of carbonyl (C=O) groups is 1. The van der Waals surface area contributed by atoms with E-state index in [0.29, 0.717) is 12.1 Å². The Balaban J connectivity index is 1.35. The summed E-state index contributed by atoms with van der Waals surface area (Å²) in [6.45, 7) is 6.08. The number of pyridine rings is 2. The second-order valence-corrected chi connectivity index (χ2v) is 9.66. The summed E-state index contributed by atoms with van der Waals surface area (Å²) in [4.78, 5) is 29.3. The van der Waals surface area contributed by atoms with Crippen LogP contribution in [0.2, 0.25) is 0 Å². The zero-order valence-corrected chi connectivity index (χ0v) is 21.1. The molecular weight excluding hydrogens is 464 g/mol. The summed E-state index contributed by atoms with van der Waals surface area (Å²) in [7, 11) is 2.17. The van der Waals surface area contributed by atoms with Crippen LogP contribution in [0.5, 0.6) is 0 Å². The number of aromatic nitrogens is 5. The van der Waals surface area contributed by atoms with Gasteiger partial charge in [0, 0.05) is 67.0 Å². The first-order chi connectivity index (χ1) is 18.1. The number of carbonyl (C=O) groups excluding carboxylic acids is 1. The maximum atomic E-state index is 12.1. The first kappa shape index (κ1) is 23.2. The van der Waals surface area contributed by atoms with Gasteiger partial charge in [-0.05, 0) is 49.4 Å². The van der Waals surface area contributed by atoms with E-state index < -0.39 is 0 Å². The highest BCUT2D eigenvalue weighted by molar-refractivity contribution is 6.00. The SMILES string of the molecule is CCCC(=O)Nc1cncc(-c2ccc3[nH]nc(-c4cc5c(N6CCN(C)CC6)ccnc5[nH]4)c3c2)c1. The summed E-state index contributed by atoms with van der Waals surface area (Å²) in [5, 5.41) is 12.9. The Morgan fingerprint density at radius 1 is 1.03 bits per heavy atom. The average molecular weight is 495 g/mol. The Kier molecular flexibility index (Phi) is 6.05. The molecule has 1 aromatic carbocycles. The fourth-order valence-electron chi connectivity index (χ4n) is 4.98. The van der Waals surface area contributed by atoms with E-state index in [1.807, 2.05) is 37.5 Å². The van der Waals surface area contributed by atoms with Crippen molar-refractivity contribution >= 4 is 39.2 Å². The summed E-state index contributed by atoms with van der Waals surface area (Å²) in [5.74, 6) is -0.00242. The molecule has 188 valence electrons. The van der Waals surface area contributed by atoms with Crippen molar-refractivity contribution in [2.45, 2.75) is 19.8 Å². The Morgan fingerprint density at radius 3 is 2.73 bits per heavy atom. The fraction of sp³-hybridized carbons (Fsp3) is 0.286. The van der Waals surface area contributed by atoms with Crippen molar-refractivity contribution in [2.24, 2.45) is 0 Å². The lowest BCUT2D eigenvalue weighted by Gasteiger charge is -2.34. The number of benzene rings is 1. The molecule has 1 fully saturated rings. The average Bonchev–Trinajstić information content (AvgIpc) is 3.53. The van der Waals surface area contributed by atoms with Gasteiger partial charge in [-0.1, -0.05) is 13.0 Å². The lowest BCUT2D eigenvalue weighted by molar-refractivity contribution is -0.116. The van der Waals surface area contributed by atoms with Gasteiger partial charge in [-0.3, -0.25) is 14.9 Å². The number of likely N-dealkylation sites (N-methyl/N-ethyl adjacent to an activating group) is 1. The number of nitrogens with zero attached hydrogens (tertiary/aromatic N) is 5. The van der Waals surface area contributed by atoms with Gasteiger partial charge in [0.2, 0.25) is 5.91 Å². The van der Waals surface area contributed by atoms with Crippen molar-refractivity contribution in [3.63, 3.8) is 0 Å². The Labute approximate surface area is 214 Å². The number of fused-ring (bicyclic) bond motifs is 2. The van der Waals surface area contributed by atoms with Crippen molar-refractivity contribution < 1.29 is 4.79 Å². The lowest BCUT2D eigenvalue weighted by Crippen LogP contribution is -2.44. The number of rotatable bonds is 6. The first-order valence-corrected chi connectivity index (χ1v) is 12.7. The third-order valence-electron chi connectivity index (χ3n) is 7.00. The molecule has 6 rings (SSSR count). The van der Waals surface area contributed by atoms with Gasteiger partial charge in [-0.25, -0.2) is 4.98 Å². The minimum absolute atomic E-state index is 0.00242. The van der Waals surface area contributed by atoms with Crippen molar-refractivity contribution in [1.82, 2.24) is 30.0 Å². The normalized spacial score (nSPS) is 14.5. The third-order valence-corrected chi connectivity index (χ3v) is 7.00. The molecule has 0 aliphatic carbocycles. The van der Waals surface area contributed by atoms with E-state index in [4.69, 9.17) is 0 Å². The number of amides is 1. The van der Waals surface area contributed by atoms with Crippen LogP contribution in [-0.2, 0) is 4.79 Å². The topological polar surface area (TPSA) is 106 Å². The third kappa shape index (κ3) is 4.53. The Hall–Kier alpha value is -4.24. The second kappa shape index (κ2) is 9.67. The molecule has 4 aromatic heterocycles. The number of H-pyrrole nitrogens is 2. The molecule has 0 radical (unpaired) electrons. The number of hydrogen-bond acceptors (Lipinski definition) is 6. The molecule has 9 heteroatoms. The highest BCUT2D eigenvalue weighted by atomic mass is 16.1. The number of piperazine rings is 1. The highest BCUT2D eigenvalue weighted by Crippen LogP contribution is 2.34. The van der Waals surface area contributed by atoms with Gasteiger partial charge in [-0.2, -0.15) is 5.10 Å². The number of aromatic amines is 2. The van der Waals surface area contributed by atoms with Gasteiger partial charge in [0.1, 0.15) is 11.3 Å². The molecule has 5 heterocycles. The van der Waals surface area contributed by atoms with Crippen molar-refractivity contribution in [3.05, 3.63) is 55.0 Å². The Morgan fingerprint density at radius 2 is 1.89 bits per heavy atom. The molecule has 0 saturated carbocycles. The molecule has 1 saturated heterocycles. The van der Waals surface area contributed by atoms with Gasteiger partial charge in [-0.15, -0.1) is 0 Å². The van der Waals surface area contributed by atoms with E-state index in [2.05, 4.69) is 65.5 Å². The fourth-order valence-corrected chi connectivity index (χ4v) is 4.98. The summed E-state index contributed by atoms with van der Waals surface area (Å²) in [6, 6.07) is 12.4. The van der Waals surface area contributed by atoms with Gasteiger partial charge in [0.05, 0.1) is 23.1 Å². The van der Waals surface area contributed by atoms with Gasteiger partial charge >= 0.3 is 0 Å². The van der Waals surface area contributed by atoms with Crippen LogP contribution in [0.25, 0.3) is 44.5 Å². The standard InChI is InChI=1S/C28H30N8O/c1-3-4-26(37)31-20-13-19(16-29-17-20)18-5-6-23-21(14-18)27(34-33-23)24-15-22-25(7-8-30-28(22)32-24)36-11-9-35(2)10-12-36/h5-8,13-17H,3-4,9-12H2,1-2H3,(H,30,32)(H,31,37)(H,33,34). The van der Waals surface area contributed by atoms with Gasteiger partial charge in [0.15, 0.2) is 0 Å². The molecular formula is C28H30N8O. The molecule has 0 unspecified atom stereocenters. The van der Waals surface area contributed by atoms with E-state index in [-0.39, 0.29) is 5.91 Å². The molecule has 1 aliphatic rings. The minimum atomic E-state index is -0.00242. The molecule has 9 nitrogen and oxygen atoms in total. The van der Waals surface area contributed by atoms with Crippen molar-refractivity contribution in [1.29, 1.82) is 0 Å². The van der Waals surface area contributed by atoms with E-state index in [1.165, 1.54) is 5.69 Å². The van der Waals surface area contributed by atoms with E-state index in [1.54, 1.807) is 6.20 Å². The minimum Gasteiger partial charge on any atom is -0.368 e. The molecule has 0 bridgehead atoms. The zero-order valence-electron chi connectivity index (χ0n) is 21.1. The number of nitrogens with one attached hydrogen (secondary N) is 3. The molecule has 1 amide bonds. The molecule has 37 heavy (non-hydrogen) atoms. The smallest absolute Gasteiger partial charge is 0.224 e. The summed E-state index contributed by atoms with van der Waals surface area (Å²) in [5.41, 5.74) is 7.41. The molecule has 3 N–H and O–H groups in total. The van der Waals surface area contributed by atoms with Crippen LogP contribution in [0, 0.1) is 0 Å². The molecule has 0 spiro atoms. The summed E-state index contributed by atoms with van der Waals surface area (Å²) < 4.78 is 0. The van der Waals surface area contributed by atoms with E-state index in [0.717, 1.165) is 77.1 Å². The number of anilines is 2. The summed E-state index contributed by atoms with van der Waals surface area (Å²) in [6.07, 6.45) is 6.65. The monoisotopic (exact) mass is 494 g/mol. The molecule has 1 aliphatic heterocycles. The quantitative estimate of drug-likeness (QED) is 0.317. The highest BCUT2D eigenvalue weighted by Gasteiger charge is 2.19. The van der Waals surface area contributed by atoms with Crippen LogP contribution in [0.15, 0.2) is 55.0 Å². The lowest BCUT2D eigenvalue weighted by atomic mass is 10.0. The van der Waals surface area contributed by atoms with Crippen molar-refractivity contribution in [3.8, 4) is 22.5 Å². The van der Waals surface area contributed by atoms with Crippen LogP contribution >= 0.6 is 0 Å². The maximum absolute atomic E-state index is 12.1. The van der Waals surface area contributed by atoms with Crippen LogP contribution < -0.4 is 10.2 Å². The molecule has 0 atom stereocenters. The molecule has 5 aromatic rings. The first-order valence-electron chi connectivity index (χ1n) is 12.7. The van der Waals surface area contributed by atoms with Crippen LogP contribution in [-0.4, -0.2) is 69.2 Å². The largest absolute Gasteiger partial charge is 0.368 e. The van der Waals surface area contributed by atoms with E-state index >= 15 is 0 Å². The number of hydrogen-bond donors (Lipinski definition) is 3. The van der Waals surface area contributed by atoms with Crippen LogP contribution in [0.1, 0.15) is 19.8 Å². The maximum Gasteiger partial charge on any atom is 0.224 e.